The van der Waals surface area contributed by atoms with E-state index >= 15 is 0 Å². The second-order valence-corrected chi connectivity index (χ2v) is 13.9. The summed E-state index contributed by atoms with van der Waals surface area (Å²) in [4.78, 5) is 0. The van der Waals surface area contributed by atoms with E-state index in [1.165, 1.54) is 25.7 Å². The molecule has 0 heteroatoms. The van der Waals surface area contributed by atoms with Gasteiger partial charge in [0.25, 0.3) is 0 Å². The molecule has 0 aliphatic heterocycles. The van der Waals surface area contributed by atoms with E-state index < -0.39 is 0 Å². The highest BCUT2D eigenvalue weighted by molar-refractivity contribution is 5.20. The molecule has 0 aromatic rings. The Hall–Kier alpha value is 0. The molecule has 0 N–H and O–H groups in total. The summed E-state index contributed by atoms with van der Waals surface area (Å²) >= 11 is 0. The summed E-state index contributed by atoms with van der Waals surface area (Å²) in [5.41, 5.74) is 0.628. The van der Waals surface area contributed by atoms with Crippen LogP contribution in [0.25, 0.3) is 0 Å². The van der Waals surface area contributed by atoms with Gasteiger partial charge >= 0.3 is 0 Å². The van der Waals surface area contributed by atoms with Crippen molar-refractivity contribution in [3.63, 3.8) is 0 Å². The Kier molecular flexibility index (Phi) is 33.0. The molecule has 45 heavy (non-hydrogen) atoms. The average molecular weight is 643 g/mol. The molecule has 0 nitrogen and oxygen atoms in total. The first kappa shape index (κ1) is 57.3. The standard InChI is InChI=1S/C30H52.5C2H6.5CH4/c1-10-23-20(7)28-18(5)14-19(6)29-24-12-11-15(2)25-16(3)13-17(4)26(27(24)25)22(9)30(28,29)21(23)8;5*1-2;;;;;/h15-29H,10-14H2,1-9H3;5*1-2H3;5*1H4. The fourth-order valence-electron chi connectivity index (χ4n) is 13.1. The Morgan fingerprint density at radius 3 is 1.29 bits per heavy atom. The quantitative estimate of drug-likeness (QED) is 0.267. The van der Waals surface area contributed by atoms with Crippen LogP contribution < -0.4 is 0 Å². The molecular weight excluding hydrogens is 540 g/mol. The molecule has 16 atom stereocenters. The number of hydrogen-bond acceptors (Lipinski definition) is 0. The minimum atomic E-state index is 0. The van der Waals surface area contributed by atoms with Gasteiger partial charge in [-0.3, -0.25) is 0 Å². The molecule has 0 radical (unpaired) electrons. The van der Waals surface area contributed by atoms with Crippen LogP contribution in [0.1, 0.15) is 201 Å². The van der Waals surface area contributed by atoms with E-state index in [0.717, 1.165) is 88.8 Å². The van der Waals surface area contributed by atoms with E-state index in [4.69, 9.17) is 0 Å². The fraction of sp³-hybridized carbons (Fsp3) is 1.00. The van der Waals surface area contributed by atoms with Crippen molar-refractivity contribution in [2.45, 2.75) is 201 Å². The van der Waals surface area contributed by atoms with Gasteiger partial charge in [0.05, 0.1) is 0 Å². The summed E-state index contributed by atoms with van der Waals surface area (Å²) in [6.45, 7) is 44.0. The van der Waals surface area contributed by atoms with Crippen LogP contribution >= 0.6 is 0 Å². The summed E-state index contributed by atoms with van der Waals surface area (Å²) in [7, 11) is 0. The summed E-state index contributed by atoms with van der Waals surface area (Å²) in [5, 5.41) is 0. The van der Waals surface area contributed by atoms with E-state index in [0.29, 0.717) is 5.41 Å². The molecule has 0 saturated heterocycles. The Morgan fingerprint density at radius 1 is 0.444 bits per heavy atom. The first-order chi connectivity index (χ1) is 19.2. The number of rotatable bonds is 1. The third kappa shape index (κ3) is 9.37. The lowest BCUT2D eigenvalue weighted by molar-refractivity contribution is -0.238. The van der Waals surface area contributed by atoms with E-state index in [1.807, 2.05) is 69.2 Å². The van der Waals surface area contributed by atoms with Crippen LogP contribution in [-0.2, 0) is 0 Å². The highest BCUT2D eigenvalue weighted by Gasteiger charge is 2.72. The first-order valence-electron chi connectivity index (χ1n) is 19.2. The van der Waals surface area contributed by atoms with Crippen molar-refractivity contribution in [1.82, 2.24) is 0 Å². The van der Waals surface area contributed by atoms with Crippen molar-refractivity contribution in [2.24, 2.45) is 94.2 Å². The van der Waals surface area contributed by atoms with Gasteiger partial charge in [-0.05, 0) is 113 Å². The van der Waals surface area contributed by atoms with Crippen molar-refractivity contribution >= 4 is 0 Å². The predicted molar refractivity (Wildman–Crippen MR) is 219 cm³/mol. The van der Waals surface area contributed by atoms with Crippen molar-refractivity contribution in [1.29, 1.82) is 0 Å². The predicted octanol–water partition coefficient (Wildman–Crippen LogP) is 16.7. The van der Waals surface area contributed by atoms with Crippen LogP contribution in [0.3, 0.4) is 0 Å². The fourth-order valence-corrected chi connectivity index (χ4v) is 13.1. The Balaban J connectivity index is -0.000000232. The Morgan fingerprint density at radius 2 is 0.844 bits per heavy atom. The van der Waals surface area contributed by atoms with E-state index in [1.54, 1.807) is 6.42 Å². The normalized spacial score (nSPS) is 43.9. The molecule has 0 amide bonds. The van der Waals surface area contributed by atoms with Crippen LogP contribution in [0.15, 0.2) is 0 Å². The third-order valence-electron chi connectivity index (χ3n) is 13.1. The third-order valence-corrected chi connectivity index (χ3v) is 13.1. The SMILES string of the molecule is C.C.C.C.C.CC.CC.CC.CC.CC.CCC1C(C)C2C(C)CC(C)C3C4CCC(C)C5C(C)CC(C)C(C45)C(C)C23C1C. The van der Waals surface area contributed by atoms with Gasteiger partial charge in [0.1, 0.15) is 0 Å². The van der Waals surface area contributed by atoms with Crippen LogP contribution in [0.4, 0.5) is 0 Å². The molecule has 16 unspecified atom stereocenters. The zero-order chi connectivity index (χ0) is 31.7. The van der Waals surface area contributed by atoms with Crippen molar-refractivity contribution in [2.75, 3.05) is 0 Å². The number of hydrogen-bond donors (Lipinski definition) is 0. The molecule has 1 spiro atoms. The summed E-state index contributed by atoms with van der Waals surface area (Å²) in [6.07, 6.45) is 7.50. The topological polar surface area (TPSA) is 0 Å². The Labute approximate surface area is 294 Å². The molecule has 5 aliphatic rings. The molecule has 0 aromatic heterocycles. The molecule has 282 valence electrons. The highest BCUT2D eigenvalue weighted by atomic mass is 14.8. The van der Waals surface area contributed by atoms with Gasteiger partial charge < -0.3 is 0 Å². The minimum absolute atomic E-state index is 0. The average Bonchev–Trinajstić information content (AvgIpc) is 3.20. The summed E-state index contributed by atoms with van der Waals surface area (Å²) in [5.74, 6) is 14.6. The maximum Gasteiger partial charge on any atom is -0.0174 e. The molecule has 0 heterocycles. The van der Waals surface area contributed by atoms with Gasteiger partial charge in [-0.1, -0.05) is 182 Å². The lowest BCUT2D eigenvalue weighted by Gasteiger charge is -2.71. The van der Waals surface area contributed by atoms with Crippen LogP contribution in [0.2, 0.25) is 0 Å². The molecular formula is C45H102. The Bertz CT molecular complexity index is 650. The summed E-state index contributed by atoms with van der Waals surface area (Å²) < 4.78 is 0. The zero-order valence-electron chi connectivity index (χ0n) is 31.7. The maximum atomic E-state index is 2.80. The van der Waals surface area contributed by atoms with Crippen LogP contribution in [0, 0.1) is 94.2 Å². The van der Waals surface area contributed by atoms with Gasteiger partial charge in [-0.25, -0.2) is 0 Å². The second kappa shape index (κ2) is 25.9. The molecule has 5 rings (SSSR count). The maximum absolute atomic E-state index is 2.80. The van der Waals surface area contributed by atoms with Gasteiger partial charge in [0, 0.05) is 0 Å². The monoisotopic (exact) mass is 643 g/mol. The minimum Gasteiger partial charge on any atom is -0.0776 e. The molecule has 0 aromatic carbocycles. The van der Waals surface area contributed by atoms with Crippen LogP contribution in [-0.4, -0.2) is 0 Å². The largest absolute Gasteiger partial charge is 0.0776 e. The highest BCUT2D eigenvalue weighted by Crippen LogP contribution is 2.77. The molecule has 5 fully saturated rings. The number of fused-ring (bicyclic) bond motifs is 1. The summed E-state index contributed by atoms with van der Waals surface area (Å²) in [6, 6.07) is 0. The molecule has 0 bridgehead atoms. The molecule has 5 aliphatic carbocycles. The van der Waals surface area contributed by atoms with Crippen LogP contribution in [0.5, 0.6) is 0 Å². The van der Waals surface area contributed by atoms with Crippen molar-refractivity contribution in [3.05, 3.63) is 0 Å². The van der Waals surface area contributed by atoms with E-state index in [2.05, 4.69) is 62.3 Å². The van der Waals surface area contributed by atoms with Crippen molar-refractivity contribution in [3.8, 4) is 0 Å². The van der Waals surface area contributed by atoms with Gasteiger partial charge in [-0.2, -0.15) is 0 Å². The van der Waals surface area contributed by atoms with E-state index in [9.17, 15) is 0 Å². The van der Waals surface area contributed by atoms with Crippen molar-refractivity contribution < 1.29 is 0 Å². The lowest BCUT2D eigenvalue weighted by atomic mass is 9.33. The first-order valence-corrected chi connectivity index (χ1v) is 19.2. The van der Waals surface area contributed by atoms with Gasteiger partial charge in [0.2, 0.25) is 0 Å². The zero-order valence-corrected chi connectivity index (χ0v) is 31.7. The second-order valence-electron chi connectivity index (χ2n) is 13.9. The van der Waals surface area contributed by atoms with E-state index in [-0.39, 0.29) is 37.1 Å². The van der Waals surface area contributed by atoms with Gasteiger partial charge in [-0.15, -0.1) is 0 Å². The lowest BCUT2D eigenvalue weighted by Crippen LogP contribution is -2.66. The molecule has 5 saturated carbocycles. The smallest absolute Gasteiger partial charge is 0.0174 e. The van der Waals surface area contributed by atoms with Gasteiger partial charge in [0.15, 0.2) is 0 Å².